The van der Waals surface area contributed by atoms with Crippen LogP contribution in [0.4, 0.5) is 0 Å². The predicted octanol–water partition coefficient (Wildman–Crippen LogP) is 0.951. The molecule has 0 aliphatic rings. The maximum atomic E-state index is 5.57. The van der Waals surface area contributed by atoms with E-state index in [2.05, 4.69) is 15.4 Å². The van der Waals surface area contributed by atoms with Gasteiger partial charge in [0.1, 0.15) is 5.75 Å². The summed E-state index contributed by atoms with van der Waals surface area (Å²) in [6.07, 6.45) is 0.797. The Kier molecular flexibility index (Phi) is 3.88. The normalized spacial score (nSPS) is 10.9. The number of nitrogens with zero attached hydrogens (tertiary/aromatic N) is 4. The quantitative estimate of drug-likeness (QED) is 0.851. The van der Waals surface area contributed by atoms with E-state index in [1.807, 2.05) is 38.1 Å². The molecule has 0 atom stereocenters. The molecule has 2 rings (SSSR count). The molecule has 6 heteroatoms. The van der Waals surface area contributed by atoms with Crippen LogP contribution in [0.1, 0.15) is 19.7 Å². The minimum absolute atomic E-state index is 0.163. The first kappa shape index (κ1) is 12.5. The highest BCUT2D eigenvalue weighted by molar-refractivity contribution is 5.35. The molecule has 2 N–H and O–H groups in total. The van der Waals surface area contributed by atoms with Crippen LogP contribution in [-0.4, -0.2) is 32.9 Å². The number of hydrogen-bond acceptors (Lipinski definition) is 5. The molecule has 0 amide bonds. The van der Waals surface area contributed by atoms with E-state index in [-0.39, 0.29) is 6.10 Å². The number of ether oxygens (including phenoxy) is 1. The number of rotatable bonds is 5. The smallest absolute Gasteiger partial charge is 0.176 e. The summed E-state index contributed by atoms with van der Waals surface area (Å²) < 4.78 is 5.57. The van der Waals surface area contributed by atoms with E-state index in [9.17, 15) is 0 Å². The highest BCUT2D eigenvalue weighted by Crippen LogP contribution is 2.15. The fourth-order valence-corrected chi connectivity index (χ4v) is 1.51. The van der Waals surface area contributed by atoms with Crippen molar-refractivity contribution in [2.24, 2.45) is 5.73 Å². The summed E-state index contributed by atoms with van der Waals surface area (Å²) in [5, 5.41) is 12.1. The van der Waals surface area contributed by atoms with E-state index in [1.165, 1.54) is 4.80 Å². The van der Waals surface area contributed by atoms with Crippen LogP contribution in [0.15, 0.2) is 24.3 Å². The molecule has 96 valence electrons. The van der Waals surface area contributed by atoms with Gasteiger partial charge in [0.2, 0.25) is 0 Å². The van der Waals surface area contributed by atoms with Gasteiger partial charge in [-0.25, -0.2) is 0 Å². The third-order valence-electron chi connectivity index (χ3n) is 2.26. The Balaban J connectivity index is 2.12. The summed E-state index contributed by atoms with van der Waals surface area (Å²) in [5.41, 5.74) is 6.29. The van der Waals surface area contributed by atoms with Crippen molar-refractivity contribution in [3.63, 3.8) is 0 Å². The summed E-state index contributed by atoms with van der Waals surface area (Å²) in [5.74, 6) is 1.48. The van der Waals surface area contributed by atoms with Crippen LogP contribution in [-0.2, 0) is 6.42 Å². The van der Waals surface area contributed by atoms with Gasteiger partial charge in [-0.15, -0.1) is 15.0 Å². The maximum Gasteiger partial charge on any atom is 0.176 e. The van der Waals surface area contributed by atoms with Crippen molar-refractivity contribution in [2.45, 2.75) is 26.4 Å². The van der Waals surface area contributed by atoms with Gasteiger partial charge in [0.25, 0.3) is 0 Å². The van der Waals surface area contributed by atoms with Crippen LogP contribution in [0.3, 0.4) is 0 Å². The number of hydrogen-bond donors (Lipinski definition) is 1. The summed E-state index contributed by atoms with van der Waals surface area (Å²) >= 11 is 0. The number of benzene rings is 1. The van der Waals surface area contributed by atoms with Gasteiger partial charge in [0.15, 0.2) is 5.82 Å². The molecule has 0 radical (unpaired) electrons. The van der Waals surface area contributed by atoms with E-state index in [1.54, 1.807) is 0 Å². The monoisotopic (exact) mass is 247 g/mol. The molecule has 1 heterocycles. The second-order valence-corrected chi connectivity index (χ2v) is 4.19. The van der Waals surface area contributed by atoms with Gasteiger partial charge in [-0.2, -0.15) is 0 Å². The molecular weight excluding hydrogens is 230 g/mol. The molecule has 0 saturated carbocycles. The molecule has 1 aromatic carbocycles. The molecule has 0 aliphatic carbocycles. The van der Waals surface area contributed by atoms with Gasteiger partial charge >= 0.3 is 0 Å². The Bertz CT molecular complexity index is 491. The Labute approximate surface area is 106 Å². The number of aromatic nitrogens is 4. The molecule has 6 nitrogen and oxygen atoms in total. The molecule has 2 aromatic rings. The van der Waals surface area contributed by atoms with Crippen LogP contribution >= 0.6 is 0 Å². The summed E-state index contributed by atoms with van der Waals surface area (Å²) in [7, 11) is 0. The van der Waals surface area contributed by atoms with Gasteiger partial charge in [-0.1, -0.05) is 0 Å². The largest absolute Gasteiger partial charge is 0.491 e. The van der Waals surface area contributed by atoms with Gasteiger partial charge in [-0.3, -0.25) is 0 Å². The lowest BCUT2D eigenvalue weighted by Crippen LogP contribution is -2.06. The van der Waals surface area contributed by atoms with Gasteiger partial charge in [-0.05, 0) is 49.9 Å². The molecule has 0 saturated heterocycles. The van der Waals surface area contributed by atoms with Gasteiger partial charge in [0.05, 0.1) is 11.8 Å². The summed E-state index contributed by atoms with van der Waals surface area (Å²) in [6, 6.07) is 7.57. The van der Waals surface area contributed by atoms with E-state index in [0.29, 0.717) is 18.8 Å². The fraction of sp³-hybridized carbons (Fsp3) is 0.417. The number of tetrazole rings is 1. The first-order valence-electron chi connectivity index (χ1n) is 5.95. The molecule has 0 spiro atoms. The molecule has 0 bridgehead atoms. The van der Waals surface area contributed by atoms with E-state index in [4.69, 9.17) is 10.5 Å². The molecule has 1 aromatic heterocycles. The second-order valence-electron chi connectivity index (χ2n) is 4.19. The minimum Gasteiger partial charge on any atom is -0.491 e. The average molecular weight is 247 g/mol. The van der Waals surface area contributed by atoms with Crippen molar-refractivity contribution in [1.82, 2.24) is 20.2 Å². The molecule has 18 heavy (non-hydrogen) atoms. The highest BCUT2D eigenvalue weighted by Gasteiger charge is 2.04. The van der Waals surface area contributed by atoms with Gasteiger partial charge < -0.3 is 10.5 Å². The fourth-order valence-electron chi connectivity index (χ4n) is 1.51. The first-order valence-corrected chi connectivity index (χ1v) is 5.95. The van der Waals surface area contributed by atoms with E-state index < -0.39 is 0 Å². The summed E-state index contributed by atoms with van der Waals surface area (Å²) in [4.78, 5) is 1.49. The Morgan fingerprint density at radius 3 is 2.61 bits per heavy atom. The lowest BCUT2D eigenvalue weighted by molar-refractivity contribution is 0.242. The Morgan fingerprint density at radius 1 is 1.28 bits per heavy atom. The molecule has 0 fully saturated rings. The van der Waals surface area contributed by atoms with Crippen LogP contribution in [0.25, 0.3) is 5.69 Å². The van der Waals surface area contributed by atoms with Crippen molar-refractivity contribution in [3.8, 4) is 11.4 Å². The predicted molar refractivity (Wildman–Crippen MR) is 67.7 cm³/mol. The van der Waals surface area contributed by atoms with Crippen molar-refractivity contribution < 1.29 is 4.74 Å². The molecule has 0 unspecified atom stereocenters. The van der Waals surface area contributed by atoms with Crippen molar-refractivity contribution in [1.29, 1.82) is 0 Å². The highest BCUT2D eigenvalue weighted by atomic mass is 16.5. The standard InChI is InChI=1S/C12H17N5O/c1-9(2)18-11-5-3-10(4-6-11)17-15-12(7-8-13)14-16-17/h3-6,9H,7-8,13H2,1-2H3. The SMILES string of the molecule is CC(C)Oc1ccc(-n2nnc(CCN)n2)cc1. The lowest BCUT2D eigenvalue weighted by Gasteiger charge is -2.09. The van der Waals surface area contributed by atoms with Crippen molar-refractivity contribution >= 4 is 0 Å². The molecule has 0 aliphatic heterocycles. The zero-order chi connectivity index (χ0) is 13.0. The lowest BCUT2D eigenvalue weighted by atomic mass is 10.3. The van der Waals surface area contributed by atoms with Gasteiger partial charge in [0, 0.05) is 6.42 Å². The third kappa shape index (κ3) is 3.04. The van der Waals surface area contributed by atoms with Crippen LogP contribution in [0.5, 0.6) is 5.75 Å². The Hall–Kier alpha value is -1.95. The minimum atomic E-state index is 0.163. The zero-order valence-corrected chi connectivity index (χ0v) is 10.6. The van der Waals surface area contributed by atoms with E-state index in [0.717, 1.165) is 11.4 Å². The van der Waals surface area contributed by atoms with Crippen LogP contribution < -0.4 is 10.5 Å². The topological polar surface area (TPSA) is 78.8 Å². The maximum absolute atomic E-state index is 5.57. The van der Waals surface area contributed by atoms with Crippen LogP contribution in [0.2, 0.25) is 0 Å². The molecular formula is C12H17N5O. The van der Waals surface area contributed by atoms with Crippen LogP contribution in [0, 0.1) is 0 Å². The Morgan fingerprint density at radius 2 is 2.00 bits per heavy atom. The summed E-state index contributed by atoms with van der Waals surface area (Å²) in [6.45, 7) is 4.50. The van der Waals surface area contributed by atoms with E-state index >= 15 is 0 Å². The third-order valence-corrected chi connectivity index (χ3v) is 2.26. The van der Waals surface area contributed by atoms with Crippen molar-refractivity contribution in [2.75, 3.05) is 6.54 Å². The second kappa shape index (κ2) is 5.59. The number of nitrogens with two attached hydrogens (primary N) is 1. The van der Waals surface area contributed by atoms with Crippen molar-refractivity contribution in [3.05, 3.63) is 30.1 Å². The average Bonchev–Trinajstić information content (AvgIpc) is 2.78. The first-order chi connectivity index (χ1) is 8.69. The zero-order valence-electron chi connectivity index (χ0n) is 10.6.